The van der Waals surface area contributed by atoms with E-state index in [2.05, 4.69) is 5.32 Å². The summed E-state index contributed by atoms with van der Waals surface area (Å²) in [5.74, 6) is -0.460. The van der Waals surface area contributed by atoms with Crippen molar-refractivity contribution in [3.8, 4) is 0 Å². The number of rotatable bonds is 6. The topological polar surface area (TPSA) is 66.4 Å². The average Bonchev–Trinajstić information content (AvgIpc) is 2.36. The maximum Gasteiger partial charge on any atom is 0.325 e. The van der Waals surface area contributed by atoms with Gasteiger partial charge in [0, 0.05) is 5.92 Å². The largest absolute Gasteiger partial charge is 0.480 e. The van der Waals surface area contributed by atoms with Gasteiger partial charge in [-0.05, 0) is 25.7 Å². The molecule has 1 saturated carbocycles. The molecule has 1 aliphatic rings. The highest BCUT2D eigenvalue weighted by Crippen LogP contribution is 2.30. The molecular weight excluding hydrogens is 230 g/mol. The van der Waals surface area contributed by atoms with E-state index in [0.29, 0.717) is 5.92 Å². The van der Waals surface area contributed by atoms with E-state index in [1.54, 1.807) is 0 Å². The highest BCUT2D eigenvalue weighted by molar-refractivity contribution is 5.84. The van der Waals surface area contributed by atoms with Gasteiger partial charge in [0.1, 0.15) is 6.04 Å². The molecular formula is C14H25NO3. The molecule has 1 rings (SSSR count). The van der Waals surface area contributed by atoms with Gasteiger partial charge in [0.25, 0.3) is 0 Å². The van der Waals surface area contributed by atoms with Crippen molar-refractivity contribution in [3.05, 3.63) is 0 Å². The first-order chi connectivity index (χ1) is 8.54. The Kier molecular flexibility index (Phi) is 6.16. The number of carbonyl (C=O) groups is 2. The monoisotopic (exact) mass is 255 g/mol. The summed E-state index contributed by atoms with van der Waals surface area (Å²) >= 11 is 0. The predicted octanol–water partition coefficient (Wildman–Crippen LogP) is 2.57. The van der Waals surface area contributed by atoms with Crippen molar-refractivity contribution in [1.29, 1.82) is 0 Å². The van der Waals surface area contributed by atoms with E-state index in [9.17, 15) is 9.59 Å². The lowest BCUT2D eigenvalue weighted by molar-refractivity contribution is -0.142. The van der Waals surface area contributed by atoms with Crippen molar-refractivity contribution in [2.24, 2.45) is 11.8 Å². The minimum Gasteiger partial charge on any atom is -0.480 e. The quantitative estimate of drug-likeness (QED) is 0.766. The Labute approximate surface area is 109 Å². The summed E-state index contributed by atoms with van der Waals surface area (Å²) in [4.78, 5) is 22.7. The van der Waals surface area contributed by atoms with Crippen LogP contribution < -0.4 is 5.32 Å². The molecule has 1 fully saturated rings. The van der Waals surface area contributed by atoms with Gasteiger partial charge in [0.15, 0.2) is 0 Å². The third kappa shape index (κ3) is 4.67. The molecule has 0 heterocycles. The second-order valence-electron chi connectivity index (χ2n) is 5.41. The molecule has 0 spiro atoms. The summed E-state index contributed by atoms with van der Waals surface area (Å²) in [7, 11) is 0. The van der Waals surface area contributed by atoms with Crippen molar-refractivity contribution >= 4 is 11.9 Å². The Morgan fingerprint density at radius 2 is 1.89 bits per heavy atom. The van der Waals surface area contributed by atoms with Crippen LogP contribution >= 0.6 is 0 Å². The molecule has 0 aromatic rings. The van der Waals surface area contributed by atoms with E-state index in [1.165, 1.54) is 39.0 Å². The van der Waals surface area contributed by atoms with E-state index in [0.717, 1.165) is 12.8 Å². The second kappa shape index (κ2) is 7.39. The molecule has 0 bridgehead atoms. The van der Waals surface area contributed by atoms with Crippen molar-refractivity contribution < 1.29 is 14.7 Å². The summed E-state index contributed by atoms with van der Waals surface area (Å²) in [6.07, 6.45) is 8.00. The molecule has 18 heavy (non-hydrogen) atoms. The Morgan fingerprint density at radius 1 is 1.28 bits per heavy atom. The molecule has 104 valence electrons. The smallest absolute Gasteiger partial charge is 0.325 e. The first kappa shape index (κ1) is 15.0. The molecule has 0 aliphatic heterocycles. The fraction of sp³-hybridized carbons (Fsp3) is 0.857. The third-order valence-electron chi connectivity index (χ3n) is 3.94. The van der Waals surface area contributed by atoms with Gasteiger partial charge in [-0.1, -0.05) is 39.0 Å². The van der Waals surface area contributed by atoms with Crippen molar-refractivity contribution in [1.82, 2.24) is 5.32 Å². The lowest BCUT2D eigenvalue weighted by Crippen LogP contribution is -2.42. The minimum atomic E-state index is -0.976. The van der Waals surface area contributed by atoms with Crippen molar-refractivity contribution in [2.75, 3.05) is 0 Å². The first-order valence-electron chi connectivity index (χ1n) is 7.07. The van der Waals surface area contributed by atoms with Crippen LogP contribution in [0.1, 0.15) is 58.8 Å². The molecule has 1 amide bonds. The molecule has 0 aromatic carbocycles. The Hall–Kier alpha value is -1.06. The van der Waals surface area contributed by atoms with Gasteiger partial charge in [-0.3, -0.25) is 9.59 Å². The van der Waals surface area contributed by atoms with E-state index < -0.39 is 12.0 Å². The number of nitrogens with one attached hydrogen (secondary N) is 1. The van der Waals surface area contributed by atoms with Crippen molar-refractivity contribution in [3.63, 3.8) is 0 Å². The lowest BCUT2D eigenvalue weighted by Gasteiger charge is -2.26. The number of carboxylic acid groups (broad SMARTS) is 1. The molecule has 2 N–H and O–H groups in total. The van der Waals surface area contributed by atoms with Crippen LogP contribution in [0.15, 0.2) is 0 Å². The van der Waals surface area contributed by atoms with Crippen LogP contribution in [0.3, 0.4) is 0 Å². The summed E-state index contributed by atoms with van der Waals surface area (Å²) in [5, 5.41) is 11.4. The van der Waals surface area contributed by atoms with Crippen LogP contribution in [0.5, 0.6) is 0 Å². The average molecular weight is 255 g/mol. The van der Waals surface area contributed by atoms with Gasteiger partial charge in [0.05, 0.1) is 0 Å². The van der Waals surface area contributed by atoms with E-state index in [4.69, 9.17) is 5.11 Å². The summed E-state index contributed by atoms with van der Waals surface area (Å²) in [5.41, 5.74) is 0. The number of hydrogen-bond acceptors (Lipinski definition) is 2. The van der Waals surface area contributed by atoms with Crippen LogP contribution in [0.2, 0.25) is 0 Å². The first-order valence-corrected chi connectivity index (χ1v) is 7.07. The normalized spacial score (nSPS) is 20.1. The molecule has 4 nitrogen and oxygen atoms in total. The fourth-order valence-corrected chi connectivity index (χ4v) is 2.68. The van der Waals surface area contributed by atoms with Crippen LogP contribution in [-0.2, 0) is 9.59 Å². The number of carbonyl (C=O) groups excluding carboxylic acids is 1. The van der Waals surface area contributed by atoms with Gasteiger partial charge < -0.3 is 10.4 Å². The maximum absolute atomic E-state index is 12.0. The predicted molar refractivity (Wildman–Crippen MR) is 70.2 cm³/mol. The summed E-state index contributed by atoms with van der Waals surface area (Å²) in [6.45, 7) is 3.51. The summed E-state index contributed by atoms with van der Waals surface area (Å²) in [6, 6.07) is -0.794. The Morgan fingerprint density at radius 3 is 2.39 bits per heavy atom. The molecule has 2 unspecified atom stereocenters. The summed E-state index contributed by atoms with van der Waals surface area (Å²) < 4.78 is 0. The fourth-order valence-electron chi connectivity index (χ4n) is 2.68. The van der Waals surface area contributed by atoms with E-state index >= 15 is 0 Å². The highest BCUT2D eigenvalue weighted by atomic mass is 16.4. The molecule has 0 aromatic heterocycles. The van der Waals surface area contributed by atoms with Crippen LogP contribution in [0, 0.1) is 11.8 Å². The maximum atomic E-state index is 12.0. The molecule has 4 heteroatoms. The minimum absolute atomic E-state index is 0.0325. The van der Waals surface area contributed by atoms with Crippen LogP contribution in [-0.4, -0.2) is 23.0 Å². The van der Waals surface area contributed by atoms with Gasteiger partial charge >= 0.3 is 5.97 Å². The second-order valence-corrected chi connectivity index (χ2v) is 5.41. The number of carboxylic acids is 1. The molecule has 1 aliphatic carbocycles. The van der Waals surface area contributed by atoms with Gasteiger partial charge in [-0.25, -0.2) is 0 Å². The highest BCUT2D eigenvalue weighted by Gasteiger charge is 2.25. The zero-order valence-electron chi connectivity index (χ0n) is 11.4. The van der Waals surface area contributed by atoms with Gasteiger partial charge in [0.2, 0.25) is 5.91 Å². The van der Waals surface area contributed by atoms with Gasteiger partial charge in [-0.2, -0.15) is 0 Å². The van der Waals surface area contributed by atoms with Crippen molar-refractivity contribution in [2.45, 2.75) is 64.8 Å². The Balaban J connectivity index is 2.43. The molecule has 2 atom stereocenters. The van der Waals surface area contributed by atoms with Gasteiger partial charge in [-0.15, -0.1) is 0 Å². The van der Waals surface area contributed by atoms with E-state index in [-0.39, 0.29) is 11.8 Å². The van der Waals surface area contributed by atoms with E-state index in [1.807, 2.05) is 6.92 Å². The lowest BCUT2D eigenvalue weighted by atomic mass is 9.81. The third-order valence-corrected chi connectivity index (χ3v) is 3.94. The zero-order chi connectivity index (χ0) is 13.5. The SMILES string of the molecule is CCC(CC1CCCCC1)C(=O)NC(C)C(=O)O. The Bertz CT molecular complexity index is 285. The van der Waals surface area contributed by atoms with Crippen LogP contribution in [0.25, 0.3) is 0 Å². The number of aliphatic carboxylic acids is 1. The number of amides is 1. The zero-order valence-corrected chi connectivity index (χ0v) is 11.4. The number of hydrogen-bond donors (Lipinski definition) is 2. The molecule has 0 radical (unpaired) electrons. The standard InChI is InChI=1S/C14H25NO3/c1-3-12(9-11-7-5-4-6-8-11)13(16)15-10(2)14(17)18/h10-12H,3-9H2,1-2H3,(H,15,16)(H,17,18). The van der Waals surface area contributed by atoms with Crippen LogP contribution in [0.4, 0.5) is 0 Å². The molecule has 0 saturated heterocycles.